The van der Waals surface area contributed by atoms with Crippen molar-refractivity contribution in [2.45, 2.75) is 83.9 Å². The highest BCUT2D eigenvalue weighted by molar-refractivity contribution is 9.10. The van der Waals surface area contributed by atoms with Crippen molar-refractivity contribution in [1.82, 2.24) is 14.8 Å². The van der Waals surface area contributed by atoms with Crippen molar-refractivity contribution in [3.63, 3.8) is 0 Å². The lowest BCUT2D eigenvalue weighted by Crippen LogP contribution is -2.46. The summed E-state index contributed by atoms with van der Waals surface area (Å²) < 4.78 is 19.8. The molecule has 0 aliphatic carbocycles. The van der Waals surface area contributed by atoms with E-state index >= 15 is 0 Å². The molecule has 1 N–H and O–H groups in total. The largest absolute Gasteiger partial charge is 0.497 e. The van der Waals surface area contributed by atoms with Crippen LogP contribution in [0.2, 0.25) is 0 Å². The summed E-state index contributed by atoms with van der Waals surface area (Å²) in [6.45, 7) is 10.6. The van der Waals surface area contributed by atoms with Crippen molar-refractivity contribution in [3.8, 4) is 5.75 Å². The molecule has 2 heterocycles. The van der Waals surface area contributed by atoms with Gasteiger partial charge in [0.05, 0.1) is 7.11 Å². The zero-order chi connectivity index (χ0) is 31.1. The lowest BCUT2D eigenvalue weighted by Gasteiger charge is -2.35. The summed E-state index contributed by atoms with van der Waals surface area (Å²) in [6, 6.07) is 13.8. The molecule has 9 heteroatoms. The second kappa shape index (κ2) is 14.6. The number of hydrogen-bond donors (Lipinski definition) is 1. The fraction of sp³-hybridized carbons (Fsp3) is 0.529. The molecular formula is C34H46BrN3O5. The first-order valence-corrected chi connectivity index (χ1v) is 16.0. The monoisotopic (exact) mass is 655 g/mol. The van der Waals surface area contributed by atoms with Crippen molar-refractivity contribution in [2.24, 2.45) is 0 Å². The van der Waals surface area contributed by atoms with Crippen molar-refractivity contribution in [1.29, 1.82) is 0 Å². The Balaban J connectivity index is 1.55. The lowest BCUT2D eigenvalue weighted by atomic mass is 9.91. The van der Waals surface area contributed by atoms with Crippen LogP contribution in [0.4, 0.5) is 4.79 Å². The Labute approximate surface area is 264 Å². The van der Waals surface area contributed by atoms with E-state index in [0.29, 0.717) is 26.1 Å². The van der Waals surface area contributed by atoms with Crippen LogP contribution in [-0.2, 0) is 27.2 Å². The molecule has 234 valence electrons. The molecule has 43 heavy (non-hydrogen) atoms. The number of piperidine rings is 1. The molecule has 4 rings (SSSR count). The summed E-state index contributed by atoms with van der Waals surface area (Å²) in [6.07, 6.45) is 3.07. The first-order valence-electron chi connectivity index (χ1n) is 15.2. The van der Waals surface area contributed by atoms with Crippen molar-refractivity contribution in [2.75, 3.05) is 33.9 Å². The van der Waals surface area contributed by atoms with Crippen LogP contribution < -0.4 is 10.1 Å². The number of ether oxygens (including phenoxy) is 3. The number of carbonyl (C=O) groups is 2. The first-order chi connectivity index (χ1) is 20.5. The SMILES string of the molecule is COCCCn1c(C2CCCN(C(=O)C[C@@H](Cc3ccc(Br)cc3)NC(=O)OC(C)(C)C)C2)c(C)c2cc(OC)ccc21. The zero-order valence-corrected chi connectivity index (χ0v) is 28.0. The number of methoxy groups -OCH3 is 2. The van der Waals surface area contributed by atoms with Gasteiger partial charge in [0.15, 0.2) is 0 Å². The molecule has 3 aromatic rings. The van der Waals surface area contributed by atoms with Crippen LogP contribution in [0.3, 0.4) is 0 Å². The minimum atomic E-state index is -0.625. The summed E-state index contributed by atoms with van der Waals surface area (Å²) in [5.41, 5.74) is 4.13. The van der Waals surface area contributed by atoms with Crippen LogP contribution in [0.25, 0.3) is 10.9 Å². The van der Waals surface area contributed by atoms with Gasteiger partial charge in [0.25, 0.3) is 0 Å². The number of halogens is 1. The van der Waals surface area contributed by atoms with E-state index < -0.39 is 17.7 Å². The number of benzene rings is 2. The zero-order valence-electron chi connectivity index (χ0n) is 26.4. The molecular weight excluding hydrogens is 610 g/mol. The molecule has 2 atom stereocenters. The van der Waals surface area contributed by atoms with E-state index in [1.165, 1.54) is 22.2 Å². The third kappa shape index (κ3) is 8.76. The van der Waals surface area contributed by atoms with Crippen molar-refractivity contribution < 1.29 is 23.8 Å². The standard InChI is InChI=1S/C34H46BrN3O5/c1-23-29-21-28(42-6)14-15-30(29)38(17-8-18-41-5)32(23)25-9-7-16-37(22-25)31(39)20-27(36-33(40)43-34(2,3)4)19-24-10-12-26(35)13-11-24/h10-15,21,25,27H,7-9,16-20,22H2,1-6H3,(H,36,40)/t25?,27-/m1/s1. The second-order valence-corrected chi connectivity index (χ2v) is 13.4. The molecule has 1 aliphatic rings. The predicted octanol–water partition coefficient (Wildman–Crippen LogP) is 6.99. The predicted molar refractivity (Wildman–Crippen MR) is 174 cm³/mol. The first kappa shape index (κ1) is 32.9. The van der Waals surface area contributed by atoms with Gasteiger partial charge in [-0.3, -0.25) is 4.79 Å². The lowest BCUT2D eigenvalue weighted by molar-refractivity contribution is -0.132. The van der Waals surface area contributed by atoms with E-state index in [0.717, 1.165) is 41.6 Å². The Morgan fingerprint density at radius 3 is 2.53 bits per heavy atom. The summed E-state index contributed by atoms with van der Waals surface area (Å²) in [5, 5.41) is 4.16. The van der Waals surface area contributed by atoms with E-state index in [1.54, 1.807) is 14.2 Å². The van der Waals surface area contributed by atoms with Crippen LogP contribution in [0.1, 0.15) is 69.2 Å². The molecule has 1 unspecified atom stereocenters. The Bertz CT molecular complexity index is 1400. The summed E-state index contributed by atoms with van der Waals surface area (Å²) in [5.74, 6) is 1.09. The number of aryl methyl sites for hydroxylation is 2. The Morgan fingerprint density at radius 2 is 1.86 bits per heavy atom. The number of amides is 2. The molecule has 8 nitrogen and oxygen atoms in total. The summed E-state index contributed by atoms with van der Waals surface area (Å²) in [7, 11) is 3.43. The van der Waals surface area contributed by atoms with E-state index in [1.807, 2.05) is 56.0 Å². The van der Waals surface area contributed by atoms with E-state index in [-0.39, 0.29) is 18.2 Å². The maximum absolute atomic E-state index is 13.8. The van der Waals surface area contributed by atoms with Crippen molar-refractivity contribution >= 4 is 38.8 Å². The Hall–Kier alpha value is -3.04. The van der Waals surface area contributed by atoms with Crippen LogP contribution in [0, 0.1) is 6.92 Å². The Morgan fingerprint density at radius 1 is 1.12 bits per heavy atom. The van der Waals surface area contributed by atoms with Gasteiger partial charge in [-0.15, -0.1) is 0 Å². The van der Waals surface area contributed by atoms with E-state index in [2.05, 4.69) is 44.9 Å². The van der Waals surface area contributed by atoms with Crippen LogP contribution in [0.5, 0.6) is 5.75 Å². The smallest absolute Gasteiger partial charge is 0.407 e. The average molecular weight is 657 g/mol. The highest BCUT2D eigenvalue weighted by Gasteiger charge is 2.31. The molecule has 0 saturated carbocycles. The third-order valence-electron chi connectivity index (χ3n) is 8.00. The van der Waals surface area contributed by atoms with Gasteiger partial charge in [-0.2, -0.15) is 0 Å². The molecule has 0 spiro atoms. The average Bonchev–Trinajstić information content (AvgIpc) is 3.23. The third-order valence-corrected chi connectivity index (χ3v) is 8.53. The molecule has 0 radical (unpaired) electrons. The summed E-state index contributed by atoms with van der Waals surface area (Å²) in [4.78, 5) is 28.5. The number of fused-ring (bicyclic) bond motifs is 1. The fourth-order valence-electron chi connectivity index (χ4n) is 6.10. The molecule has 1 aromatic heterocycles. The molecule has 1 saturated heterocycles. The van der Waals surface area contributed by atoms with Gasteiger partial charge in [0.1, 0.15) is 11.4 Å². The van der Waals surface area contributed by atoms with E-state index in [9.17, 15) is 9.59 Å². The number of likely N-dealkylation sites (tertiary alicyclic amines) is 1. The topological polar surface area (TPSA) is 82.0 Å². The number of nitrogens with one attached hydrogen (secondary N) is 1. The molecule has 2 aromatic carbocycles. The highest BCUT2D eigenvalue weighted by Crippen LogP contribution is 2.37. The van der Waals surface area contributed by atoms with Gasteiger partial charge in [0, 0.05) is 72.8 Å². The van der Waals surface area contributed by atoms with Gasteiger partial charge in [-0.25, -0.2) is 4.79 Å². The quantitative estimate of drug-likeness (QED) is 0.225. The second-order valence-electron chi connectivity index (χ2n) is 12.4. The highest BCUT2D eigenvalue weighted by atomic mass is 79.9. The number of alkyl carbamates (subject to hydrolysis) is 1. The van der Waals surface area contributed by atoms with E-state index in [4.69, 9.17) is 14.2 Å². The minimum Gasteiger partial charge on any atom is -0.497 e. The number of nitrogens with zero attached hydrogens (tertiary/aromatic N) is 2. The summed E-state index contributed by atoms with van der Waals surface area (Å²) >= 11 is 3.48. The van der Waals surface area contributed by atoms with Gasteiger partial charge in [-0.1, -0.05) is 28.1 Å². The van der Waals surface area contributed by atoms with Crippen LogP contribution in [-0.4, -0.2) is 67.0 Å². The van der Waals surface area contributed by atoms with Gasteiger partial charge >= 0.3 is 6.09 Å². The normalized spacial score (nSPS) is 16.3. The van der Waals surface area contributed by atoms with Gasteiger partial charge < -0.3 is 29.0 Å². The maximum atomic E-state index is 13.8. The van der Waals surface area contributed by atoms with Crippen LogP contribution in [0.15, 0.2) is 46.9 Å². The number of rotatable bonds is 11. The van der Waals surface area contributed by atoms with Gasteiger partial charge in [-0.05, 0) is 94.8 Å². The fourth-order valence-corrected chi connectivity index (χ4v) is 6.37. The number of carbonyl (C=O) groups excluding carboxylic acids is 2. The Kier molecular flexibility index (Phi) is 11.2. The molecule has 0 bridgehead atoms. The van der Waals surface area contributed by atoms with Crippen molar-refractivity contribution in [3.05, 3.63) is 63.8 Å². The minimum absolute atomic E-state index is 0.0456. The molecule has 1 aliphatic heterocycles. The molecule has 1 fully saturated rings. The number of aromatic nitrogens is 1. The van der Waals surface area contributed by atoms with Crippen LogP contribution >= 0.6 is 15.9 Å². The van der Waals surface area contributed by atoms with Gasteiger partial charge in [0.2, 0.25) is 5.91 Å². The molecule has 2 amide bonds. The maximum Gasteiger partial charge on any atom is 0.407 e. The number of hydrogen-bond acceptors (Lipinski definition) is 5.